The minimum atomic E-state index is -0.999. The fourth-order valence-corrected chi connectivity index (χ4v) is 7.40. The normalized spacial score (nSPS) is 12.3. The van der Waals surface area contributed by atoms with E-state index >= 15 is 0 Å². The Labute approximate surface area is 381 Å². The SMILES string of the molecule is CC(C)C(=O)Cl.CC(C)C(=O)Oc1ccc(C(=O)O)cc1C(CCN(C(C)C)C(C)C)c1ccccc1.CC(C)N(CCC(c1ccccc1)c1cc(C(=O)O)ccc1O)C(C)C. The first-order valence-electron chi connectivity index (χ1n) is 22.0. The second kappa shape index (κ2) is 26.6. The molecule has 2 unspecified atom stereocenters. The molecular weight excluding hydrogens is 816 g/mol. The Hall–Kier alpha value is -5.03. The molecule has 344 valence electrons. The summed E-state index contributed by atoms with van der Waals surface area (Å²) in [5.74, 6) is -2.20. The number of carbonyl (C=O) groups is 4. The molecule has 0 saturated heterocycles. The lowest BCUT2D eigenvalue weighted by Crippen LogP contribution is -2.38. The summed E-state index contributed by atoms with van der Waals surface area (Å²) in [6.45, 7) is 26.2. The highest BCUT2D eigenvalue weighted by Gasteiger charge is 2.26. The molecular formula is C52H71ClN2O8. The smallest absolute Gasteiger partial charge is 0.335 e. The van der Waals surface area contributed by atoms with Gasteiger partial charge in [-0.1, -0.05) is 88.4 Å². The molecule has 0 aliphatic carbocycles. The van der Waals surface area contributed by atoms with Crippen LogP contribution in [0.3, 0.4) is 0 Å². The zero-order valence-electron chi connectivity index (χ0n) is 39.3. The van der Waals surface area contributed by atoms with Crippen molar-refractivity contribution in [1.82, 2.24) is 9.80 Å². The number of benzene rings is 4. The number of halogens is 1. The second-order valence-electron chi connectivity index (χ2n) is 17.5. The van der Waals surface area contributed by atoms with Crippen LogP contribution in [-0.2, 0) is 9.59 Å². The highest BCUT2D eigenvalue weighted by atomic mass is 35.5. The molecule has 3 N–H and O–H groups in total. The predicted octanol–water partition coefficient (Wildman–Crippen LogP) is 11.7. The molecule has 0 spiro atoms. The van der Waals surface area contributed by atoms with Crippen molar-refractivity contribution in [2.24, 2.45) is 11.8 Å². The summed E-state index contributed by atoms with van der Waals surface area (Å²) in [4.78, 5) is 50.1. The topological polar surface area (TPSA) is 145 Å². The molecule has 0 aliphatic heterocycles. The van der Waals surface area contributed by atoms with Crippen LogP contribution < -0.4 is 4.74 Å². The summed E-state index contributed by atoms with van der Waals surface area (Å²) in [7, 11) is 0. The fourth-order valence-electron chi connectivity index (χ4n) is 7.40. The molecule has 0 aromatic heterocycles. The van der Waals surface area contributed by atoms with Crippen molar-refractivity contribution in [1.29, 1.82) is 0 Å². The maximum atomic E-state index is 12.3. The van der Waals surface area contributed by atoms with E-state index < -0.39 is 11.9 Å². The van der Waals surface area contributed by atoms with Crippen molar-refractivity contribution in [3.63, 3.8) is 0 Å². The summed E-state index contributed by atoms with van der Waals surface area (Å²) in [6.07, 6.45) is 1.58. The van der Waals surface area contributed by atoms with Crippen LogP contribution in [-0.4, -0.2) is 85.5 Å². The largest absolute Gasteiger partial charge is 0.508 e. The van der Waals surface area contributed by atoms with Crippen LogP contribution in [0.25, 0.3) is 0 Å². The van der Waals surface area contributed by atoms with Gasteiger partial charge < -0.3 is 20.1 Å². The van der Waals surface area contributed by atoms with Crippen molar-refractivity contribution in [2.45, 2.75) is 132 Å². The number of rotatable bonds is 19. The van der Waals surface area contributed by atoms with E-state index in [0.717, 1.165) is 42.6 Å². The van der Waals surface area contributed by atoms with Crippen molar-refractivity contribution >= 4 is 34.8 Å². The highest BCUT2D eigenvalue weighted by Crippen LogP contribution is 2.37. The molecule has 0 fully saturated rings. The number of phenolic OH excluding ortho intramolecular Hbond substituents is 1. The van der Waals surface area contributed by atoms with E-state index in [2.05, 4.69) is 65.2 Å². The molecule has 2 atom stereocenters. The van der Waals surface area contributed by atoms with Crippen LogP contribution in [0.2, 0.25) is 0 Å². The maximum Gasteiger partial charge on any atom is 0.335 e. The van der Waals surface area contributed by atoms with Crippen LogP contribution in [0.1, 0.15) is 151 Å². The third kappa shape index (κ3) is 17.6. The first-order valence-corrected chi connectivity index (χ1v) is 22.4. The summed E-state index contributed by atoms with van der Waals surface area (Å²) >= 11 is 4.97. The van der Waals surface area contributed by atoms with Gasteiger partial charge in [-0.05, 0) is 140 Å². The number of phenols is 1. The molecule has 4 aromatic carbocycles. The lowest BCUT2D eigenvalue weighted by Gasteiger charge is -2.32. The molecule has 0 saturated carbocycles. The number of esters is 1. The van der Waals surface area contributed by atoms with Gasteiger partial charge in [-0.25, -0.2) is 9.59 Å². The second-order valence-corrected chi connectivity index (χ2v) is 17.9. The Kier molecular flexibility index (Phi) is 22.8. The first kappa shape index (κ1) is 54.1. The van der Waals surface area contributed by atoms with Gasteiger partial charge in [-0.2, -0.15) is 0 Å². The Morgan fingerprint density at radius 2 is 0.905 bits per heavy atom. The molecule has 11 heteroatoms. The van der Waals surface area contributed by atoms with E-state index in [0.29, 0.717) is 35.5 Å². The Morgan fingerprint density at radius 3 is 1.25 bits per heavy atom. The lowest BCUT2D eigenvalue weighted by molar-refractivity contribution is -0.137. The van der Waals surface area contributed by atoms with Gasteiger partial charge in [0.15, 0.2) is 0 Å². The number of aromatic carboxylic acids is 2. The number of nitrogens with zero attached hydrogens (tertiary/aromatic N) is 2. The number of ether oxygens (including phenoxy) is 1. The molecule has 0 bridgehead atoms. The molecule has 10 nitrogen and oxygen atoms in total. The van der Waals surface area contributed by atoms with Crippen LogP contribution >= 0.6 is 11.6 Å². The minimum absolute atomic E-state index is 0.0216. The molecule has 4 aromatic rings. The van der Waals surface area contributed by atoms with Gasteiger partial charge >= 0.3 is 17.9 Å². The molecule has 0 amide bonds. The molecule has 0 radical (unpaired) electrons. The lowest BCUT2D eigenvalue weighted by atomic mass is 9.86. The average molecular weight is 888 g/mol. The predicted molar refractivity (Wildman–Crippen MR) is 254 cm³/mol. The Balaban J connectivity index is 0.000000388. The number of hydrogen-bond donors (Lipinski definition) is 3. The van der Waals surface area contributed by atoms with E-state index in [1.54, 1.807) is 45.9 Å². The molecule has 63 heavy (non-hydrogen) atoms. The third-order valence-corrected chi connectivity index (χ3v) is 11.3. The zero-order valence-corrected chi connectivity index (χ0v) is 40.1. The summed E-state index contributed by atoms with van der Waals surface area (Å²) < 4.78 is 5.70. The van der Waals surface area contributed by atoms with E-state index in [9.17, 15) is 34.5 Å². The number of carboxylic acids is 2. The maximum absolute atomic E-state index is 12.3. The first-order chi connectivity index (χ1) is 29.6. The Morgan fingerprint density at radius 1 is 0.540 bits per heavy atom. The summed E-state index contributed by atoms with van der Waals surface area (Å²) in [5, 5.41) is 29.1. The van der Waals surface area contributed by atoms with Crippen molar-refractivity contribution < 1.29 is 39.2 Å². The van der Waals surface area contributed by atoms with Gasteiger partial charge in [0.1, 0.15) is 11.5 Å². The van der Waals surface area contributed by atoms with Crippen molar-refractivity contribution in [3.8, 4) is 11.5 Å². The van der Waals surface area contributed by atoms with Crippen molar-refractivity contribution in [3.05, 3.63) is 130 Å². The van der Waals surface area contributed by atoms with E-state index in [4.69, 9.17) is 16.3 Å². The van der Waals surface area contributed by atoms with Gasteiger partial charge in [0.05, 0.1) is 17.0 Å². The summed E-state index contributed by atoms with van der Waals surface area (Å²) in [6, 6.07) is 30.9. The number of hydrogen-bond acceptors (Lipinski definition) is 8. The third-order valence-electron chi connectivity index (χ3n) is 10.8. The summed E-state index contributed by atoms with van der Waals surface area (Å²) in [5.41, 5.74) is 3.93. The van der Waals surface area contributed by atoms with E-state index in [1.807, 2.05) is 60.7 Å². The zero-order chi connectivity index (χ0) is 47.6. The highest BCUT2D eigenvalue weighted by molar-refractivity contribution is 6.63. The van der Waals surface area contributed by atoms with Gasteiger partial charge in [0, 0.05) is 53.0 Å². The van der Waals surface area contributed by atoms with Gasteiger partial charge in [-0.3, -0.25) is 19.4 Å². The van der Waals surface area contributed by atoms with Crippen LogP contribution in [0.15, 0.2) is 97.1 Å². The fraction of sp³-hybridized carbons (Fsp3) is 0.462. The number of carboxylic acid groups (broad SMARTS) is 2. The van der Waals surface area contributed by atoms with Gasteiger partial charge in [-0.15, -0.1) is 0 Å². The van der Waals surface area contributed by atoms with Gasteiger partial charge in [0.25, 0.3) is 0 Å². The quantitative estimate of drug-likeness (QED) is 0.0473. The minimum Gasteiger partial charge on any atom is -0.508 e. The van der Waals surface area contributed by atoms with E-state index in [1.165, 1.54) is 18.2 Å². The molecule has 0 aliphatic rings. The molecule has 4 rings (SSSR count). The van der Waals surface area contributed by atoms with Crippen LogP contribution in [0.5, 0.6) is 11.5 Å². The van der Waals surface area contributed by atoms with Crippen LogP contribution in [0, 0.1) is 11.8 Å². The standard InChI is InChI=1S/C26H35NO4.C22H29NO3.C4H7ClO/c1-17(2)26(30)31-24-13-12-21(25(28)29)16-23(24)22(20-10-8-7-9-11-20)14-15-27(18(3)4)19(5)6;1-15(2)23(16(3)4)13-12-19(17-8-6-5-7-9-17)20-14-18(22(25)26)10-11-21(20)24;1-3(2)4(5)6/h7-13,16-19,22H,14-15H2,1-6H3,(H,28,29);5-11,14-16,19,24H,12-13H2,1-4H3,(H,25,26);3H,1-2H3. The average Bonchev–Trinajstić information content (AvgIpc) is 3.22. The van der Waals surface area contributed by atoms with Gasteiger partial charge in [0.2, 0.25) is 5.24 Å². The molecule has 0 heterocycles. The number of carbonyl (C=O) groups excluding carboxylic acids is 2. The Bertz CT molecular complexity index is 2020. The monoisotopic (exact) mass is 886 g/mol. The van der Waals surface area contributed by atoms with E-state index in [-0.39, 0.29) is 51.8 Å². The van der Waals surface area contributed by atoms with Crippen LogP contribution in [0.4, 0.5) is 0 Å². The number of aromatic hydroxyl groups is 1. The van der Waals surface area contributed by atoms with Crippen molar-refractivity contribution in [2.75, 3.05) is 13.1 Å².